The molecular weight excluding hydrogens is 228 g/mol. The van der Waals surface area contributed by atoms with Crippen molar-refractivity contribution in [1.29, 1.82) is 0 Å². The standard InChI is InChI=1S/C10H20N2O3S/c1-8(9-5-3-4-6-11-9)12-10(13)7-16(2,14)15/h8-9,11H,3-7H2,1-2H3,(H,12,13). The Labute approximate surface area is 96.9 Å². The number of carbonyl (C=O) groups is 1. The fourth-order valence-electron chi connectivity index (χ4n) is 1.94. The Balaban J connectivity index is 2.38. The zero-order chi connectivity index (χ0) is 12.2. The minimum Gasteiger partial charge on any atom is -0.351 e. The molecule has 1 heterocycles. The molecule has 2 N–H and O–H groups in total. The van der Waals surface area contributed by atoms with Crippen LogP contribution in [0.2, 0.25) is 0 Å². The van der Waals surface area contributed by atoms with E-state index in [4.69, 9.17) is 0 Å². The molecule has 5 nitrogen and oxygen atoms in total. The third-order valence-electron chi connectivity index (χ3n) is 2.73. The molecule has 2 atom stereocenters. The Morgan fingerprint density at radius 3 is 2.69 bits per heavy atom. The molecule has 94 valence electrons. The smallest absolute Gasteiger partial charge is 0.235 e. The second-order valence-electron chi connectivity index (χ2n) is 4.48. The van der Waals surface area contributed by atoms with E-state index in [1.54, 1.807) is 0 Å². The van der Waals surface area contributed by atoms with Crippen molar-refractivity contribution in [3.8, 4) is 0 Å². The summed E-state index contributed by atoms with van der Waals surface area (Å²) >= 11 is 0. The van der Waals surface area contributed by atoms with E-state index in [1.807, 2.05) is 6.92 Å². The predicted octanol–water partition coefficient (Wildman–Crippen LogP) is -0.322. The number of piperidine rings is 1. The summed E-state index contributed by atoms with van der Waals surface area (Å²) in [6, 6.07) is 0.242. The van der Waals surface area contributed by atoms with E-state index in [2.05, 4.69) is 10.6 Å². The van der Waals surface area contributed by atoms with Crippen LogP contribution in [0.25, 0.3) is 0 Å². The first-order valence-corrected chi connectivity index (χ1v) is 7.65. The van der Waals surface area contributed by atoms with Gasteiger partial charge in [0.25, 0.3) is 0 Å². The molecule has 2 unspecified atom stereocenters. The molecule has 1 rings (SSSR count). The number of hydrogen-bond acceptors (Lipinski definition) is 4. The van der Waals surface area contributed by atoms with Crippen LogP contribution >= 0.6 is 0 Å². The highest BCUT2D eigenvalue weighted by molar-refractivity contribution is 7.91. The number of hydrogen-bond donors (Lipinski definition) is 2. The highest BCUT2D eigenvalue weighted by Crippen LogP contribution is 2.10. The molecule has 6 heteroatoms. The summed E-state index contributed by atoms with van der Waals surface area (Å²) in [5, 5.41) is 6.05. The van der Waals surface area contributed by atoms with Crippen molar-refractivity contribution in [3.63, 3.8) is 0 Å². The van der Waals surface area contributed by atoms with Crippen LogP contribution in [0.5, 0.6) is 0 Å². The van der Waals surface area contributed by atoms with E-state index in [0.717, 1.165) is 25.6 Å². The van der Waals surface area contributed by atoms with Crippen LogP contribution in [0.4, 0.5) is 0 Å². The van der Waals surface area contributed by atoms with Gasteiger partial charge in [0, 0.05) is 18.3 Å². The summed E-state index contributed by atoms with van der Waals surface area (Å²) in [7, 11) is -3.23. The SMILES string of the molecule is CC(NC(=O)CS(C)(=O)=O)C1CCCCN1. The minimum atomic E-state index is -3.23. The second kappa shape index (κ2) is 5.63. The summed E-state index contributed by atoms with van der Waals surface area (Å²) in [4.78, 5) is 11.4. The van der Waals surface area contributed by atoms with Crippen molar-refractivity contribution in [2.75, 3.05) is 18.6 Å². The molecule has 1 aliphatic rings. The first-order valence-electron chi connectivity index (χ1n) is 5.59. The van der Waals surface area contributed by atoms with E-state index < -0.39 is 21.5 Å². The Morgan fingerprint density at radius 1 is 1.50 bits per heavy atom. The van der Waals surface area contributed by atoms with Crippen molar-refractivity contribution in [2.45, 2.75) is 38.3 Å². The van der Waals surface area contributed by atoms with Crippen LogP contribution in [0.15, 0.2) is 0 Å². The van der Waals surface area contributed by atoms with Crippen LogP contribution in [0, 0.1) is 0 Å². The number of nitrogens with one attached hydrogen (secondary N) is 2. The third kappa shape index (κ3) is 4.94. The maximum atomic E-state index is 11.4. The quantitative estimate of drug-likeness (QED) is 0.715. The monoisotopic (exact) mass is 248 g/mol. The molecule has 0 aromatic heterocycles. The molecule has 1 aliphatic heterocycles. The predicted molar refractivity (Wildman–Crippen MR) is 63.0 cm³/mol. The van der Waals surface area contributed by atoms with Crippen LogP contribution < -0.4 is 10.6 Å². The van der Waals surface area contributed by atoms with Crippen molar-refractivity contribution >= 4 is 15.7 Å². The Bertz CT molecular complexity index is 334. The normalized spacial score (nSPS) is 23.8. The van der Waals surface area contributed by atoms with Gasteiger partial charge in [-0.25, -0.2) is 8.42 Å². The highest BCUT2D eigenvalue weighted by Gasteiger charge is 2.21. The van der Waals surface area contributed by atoms with Crippen molar-refractivity contribution in [3.05, 3.63) is 0 Å². The number of rotatable bonds is 4. The van der Waals surface area contributed by atoms with Gasteiger partial charge in [0.2, 0.25) is 5.91 Å². The van der Waals surface area contributed by atoms with Gasteiger partial charge in [-0.3, -0.25) is 4.79 Å². The van der Waals surface area contributed by atoms with E-state index in [-0.39, 0.29) is 12.1 Å². The summed E-state index contributed by atoms with van der Waals surface area (Å²) in [5.41, 5.74) is 0. The lowest BCUT2D eigenvalue weighted by Crippen LogP contribution is -2.51. The Morgan fingerprint density at radius 2 is 2.19 bits per heavy atom. The van der Waals surface area contributed by atoms with Crippen molar-refractivity contribution in [2.24, 2.45) is 0 Å². The molecule has 16 heavy (non-hydrogen) atoms. The van der Waals surface area contributed by atoms with Crippen molar-refractivity contribution < 1.29 is 13.2 Å². The van der Waals surface area contributed by atoms with E-state index in [9.17, 15) is 13.2 Å². The van der Waals surface area contributed by atoms with Gasteiger partial charge in [0.1, 0.15) is 5.75 Å². The summed E-state index contributed by atoms with van der Waals surface area (Å²) in [5.74, 6) is -0.841. The van der Waals surface area contributed by atoms with Gasteiger partial charge in [0.15, 0.2) is 9.84 Å². The van der Waals surface area contributed by atoms with Gasteiger partial charge < -0.3 is 10.6 Å². The van der Waals surface area contributed by atoms with Crippen LogP contribution in [0.3, 0.4) is 0 Å². The molecule has 0 radical (unpaired) electrons. The second-order valence-corrected chi connectivity index (χ2v) is 6.62. The number of sulfone groups is 1. The first-order chi connectivity index (χ1) is 7.38. The Hall–Kier alpha value is -0.620. The molecule has 0 aromatic rings. The average molecular weight is 248 g/mol. The van der Waals surface area contributed by atoms with E-state index in [0.29, 0.717) is 0 Å². The number of amides is 1. The molecule has 1 fully saturated rings. The largest absolute Gasteiger partial charge is 0.351 e. The lowest BCUT2D eigenvalue weighted by atomic mass is 9.99. The van der Waals surface area contributed by atoms with Gasteiger partial charge in [-0.15, -0.1) is 0 Å². The number of carbonyl (C=O) groups excluding carboxylic acids is 1. The highest BCUT2D eigenvalue weighted by atomic mass is 32.2. The lowest BCUT2D eigenvalue weighted by Gasteiger charge is -2.29. The topological polar surface area (TPSA) is 75.3 Å². The zero-order valence-corrected chi connectivity index (χ0v) is 10.6. The molecule has 0 spiro atoms. The molecule has 0 aromatic carbocycles. The van der Waals surface area contributed by atoms with E-state index >= 15 is 0 Å². The first kappa shape index (κ1) is 13.4. The zero-order valence-electron chi connectivity index (χ0n) is 9.82. The van der Waals surface area contributed by atoms with Gasteiger partial charge >= 0.3 is 0 Å². The van der Waals surface area contributed by atoms with E-state index in [1.165, 1.54) is 6.42 Å². The van der Waals surface area contributed by atoms with Gasteiger partial charge in [-0.05, 0) is 26.3 Å². The maximum absolute atomic E-state index is 11.4. The molecule has 0 bridgehead atoms. The molecule has 0 aliphatic carbocycles. The lowest BCUT2D eigenvalue weighted by molar-refractivity contribution is -0.119. The van der Waals surface area contributed by atoms with Crippen LogP contribution in [-0.4, -0.2) is 45.0 Å². The summed E-state index contributed by atoms with van der Waals surface area (Å²) < 4.78 is 21.8. The van der Waals surface area contributed by atoms with Gasteiger partial charge in [-0.2, -0.15) is 0 Å². The fraction of sp³-hybridized carbons (Fsp3) is 0.900. The average Bonchev–Trinajstić information content (AvgIpc) is 2.16. The molecule has 1 saturated heterocycles. The molecule has 1 amide bonds. The summed E-state index contributed by atoms with van der Waals surface area (Å²) in [6.07, 6.45) is 4.42. The maximum Gasteiger partial charge on any atom is 0.235 e. The van der Waals surface area contributed by atoms with Crippen molar-refractivity contribution in [1.82, 2.24) is 10.6 Å². The summed E-state index contributed by atoms with van der Waals surface area (Å²) in [6.45, 7) is 2.88. The Kier molecular flexibility index (Phi) is 4.73. The molecular formula is C10H20N2O3S. The third-order valence-corrected chi connectivity index (χ3v) is 3.52. The van der Waals surface area contributed by atoms with Crippen LogP contribution in [0.1, 0.15) is 26.2 Å². The minimum absolute atomic E-state index is 0.0189. The van der Waals surface area contributed by atoms with Gasteiger partial charge in [0.05, 0.1) is 0 Å². The van der Waals surface area contributed by atoms with Crippen LogP contribution in [-0.2, 0) is 14.6 Å². The van der Waals surface area contributed by atoms with Gasteiger partial charge in [-0.1, -0.05) is 6.42 Å². The molecule has 0 saturated carbocycles. The fourth-order valence-corrected chi connectivity index (χ4v) is 2.50.